The number of benzene rings is 3. The lowest BCUT2D eigenvalue weighted by Crippen LogP contribution is -2.41. The van der Waals surface area contributed by atoms with E-state index in [1.807, 2.05) is 13.8 Å². The minimum absolute atomic E-state index is 0.402. The summed E-state index contributed by atoms with van der Waals surface area (Å²) in [4.78, 5) is 0. The topological polar surface area (TPSA) is 41.9 Å². The van der Waals surface area contributed by atoms with Crippen LogP contribution in [0.3, 0.4) is 0 Å². The molecule has 0 amide bonds. The molecule has 0 atom stereocenters. The standard InChI is InChI=1S/C33H41B2NO4.C2H6/c1-20-16-21(2)29(22(3)17-20)36-27-14-12-23(34-37-30(4,5)31(6,7)38-34)18-25(27)26-19-24(13-15-28(26)36)35-39-32(8,9)33(10,11)40-35;1-2/h12-19H,1-11H3;1-2H3. The van der Waals surface area contributed by atoms with E-state index in [4.69, 9.17) is 18.6 Å². The Morgan fingerprint density at radius 3 is 1.19 bits per heavy atom. The van der Waals surface area contributed by atoms with Crippen LogP contribution in [0.25, 0.3) is 27.5 Å². The van der Waals surface area contributed by atoms with Crippen LogP contribution in [0.1, 0.15) is 85.9 Å². The van der Waals surface area contributed by atoms with E-state index in [0.717, 1.165) is 32.7 Å². The number of rotatable bonds is 3. The van der Waals surface area contributed by atoms with Crippen LogP contribution in [-0.4, -0.2) is 41.2 Å². The van der Waals surface area contributed by atoms with Crippen LogP contribution in [0, 0.1) is 20.8 Å². The van der Waals surface area contributed by atoms with Gasteiger partial charge in [0.05, 0.1) is 39.1 Å². The quantitative estimate of drug-likeness (QED) is 0.243. The zero-order chi connectivity index (χ0) is 31.0. The molecule has 222 valence electrons. The molecule has 3 aromatic carbocycles. The van der Waals surface area contributed by atoms with Crippen LogP contribution in [0.15, 0.2) is 48.5 Å². The Hall–Kier alpha value is -2.57. The molecule has 2 saturated heterocycles. The third kappa shape index (κ3) is 4.83. The highest BCUT2D eigenvalue weighted by atomic mass is 16.7. The molecular formula is C35H47B2NO4. The fourth-order valence-corrected chi connectivity index (χ4v) is 6.08. The molecule has 5 nitrogen and oxygen atoms in total. The summed E-state index contributed by atoms with van der Waals surface area (Å²) < 4.78 is 28.1. The minimum atomic E-state index is -0.429. The summed E-state index contributed by atoms with van der Waals surface area (Å²) >= 11 is 0. The van der Waals surface area contributed by atoms with Crippen molar-refractivity contribution in [2.75, 3.05) is 0 Å². The highest BCUT2D eigenvalue weighted by Crippen LogP contribution is 2.39. The molecule has 0 aliphatic carbocycles. The Morgan fingerprint density at radius 1 is 0.524 bits per heavy atom. The molecule has 42 heavy (non-hydrogen) atoms. The minimum Gasteiger partial charge on any atom is -0.399 e. The van der Waals surface area contributed by atoms with E-state index >= 15 is 0 Å². The summed E-state index contributed by atoms with van der Waals surface area (Å²) in [5, 5.41) is 2.31. The summed E-state index contributed by atoms with van der Waals surface area (Å²) in [5.41, 5.74) is 7.72. The van der Waals surface area contributed by atoms with Crippen molar-refractivity contribution in [1.29, 1.82) is 0 Å². The fraction of sp³-hybridized carbons (Fsp3) is 0.486. The van der Waals surface area contributed by atoms with Gasteiger partial charge in [-0.1, -0.05) is 55.8 Å². The van der Waals surface area contributed by atoms with E-state index in [9.17, 15) is 0 Å². The molecule has 0 radical (unpaired) electrons. The van der Waals surface area contributed by atoms with Crippen LogP contribution < -0.4 is 10.9 Å². The Labute approximate surface area is 253 Å². The maximum absolute atomic E-state index is 6.44. The van der Waals surface area contributed by atoms with Gasteiger partial charge >= 0.3 is 14.2 Å². The van der Waals surface area contributed by atoms with Gasteiger partial charge in [-0.15, -0.1) is 0 Å². The molecule has 0 saturated carbocycles. The molecule has 6 rings (SSSR count). The molecule has 2 fully saturated rings. The third-order valence-corrected chi connectivity index (χ3v) is 9.72. The summed E-state index contributed by atoms with van der Waals surface area (Å²) in [6, 6.07) is 17.7. The zero-order valence-corrected chi connectivity index (χ0v) is 27.9. The van der Waals surface area contributed by atoms with Gasteiger partial charge in [-0.2, -0.15) is 0 Å². The number of fused-ring (bicyclic) bond motifs is 3. The van der Waals surface area contributed by atoms with Gasteiger partial charge in [0.15, 0.2) is 0 Å². The predicted molar refractivity (Wildman–Crippen MR) is 178 cm³/mol. The first-order valence-corrected chi connectivity index (χ1v) is 15.4. The summed E-state index contributed by atoms with van der Waals surface area (Å²) in [7, 11) is -0.858. The van der Waals surface area contributed by atoms with Gasteiger partial charge in [0.2, 0.25) is 0 Å². The molecule has 1 aromatic heterocycles. The Morgan fingerprint density at radius 2 is 0.857 bits per heavy atom. The number of hydrogen-bond donors (Lipinski definition) is 0. The summed E-state index contributed by atoms with van der Waals surface area (Å²) in [6.45, 7) is 27.3. The van der Waals surface area contributed by atoms with Gasteiger partial charge in [-0.3, -0.25) is 0 Å². The van der Waals surface area contributed by atoms with Gasteiger partial charge in [-0.05, 0) is 110 Å². The predicted octanol–water partition coefficient (Wildman–Crippen LogP) is 7.33. The zero-order valence-electron chi connectivity index (χ0n) is 27.9. The number of aromatic nitrogens is 1. The van der Waals surface area contributed by atoms with Crippen LogP contribution in [0.4, 0.5) is 0 Å². The number of aryl methyl sites for hydroxylation is 3. The van der Waals surface area contributed by atoms with E-state index in [1.54, 1.807) is 0 Å². The monoisotopic (exact) mass is 567 g/mol. The molecule has 0 bridgehead atoms. The van der Waals surface area contributed by atoms with E-state index in [-0.39, 0.29) is 0 Å². The highest BCUT2D eigenvalue weighted by Gasteiger charge is 2.53. The van der Waals surface area contributed by atoms with Crippen LogP contribution in [0.2, 0.25) is 0 Å². The van der Waals surface area contributed by atoms with Gasteiger partial charge in [0.25, 0.3) is 0 Å². The van der Waals surface area contributed by atoms with Crippen molar-refractivity contribution in [3.05, 3.63) is 65.2 Å². The summed E-state index contributed by atoms with van der Waals surface area (Å²) in [6.07, 6.45) is 0. The lowest BCUT2D eigenvalue weighted by Gasteiger charge is -2.32. The van der Waals surface area contributed by atoms with Gasteiger partial charge < -0.3 is 23.2 Å². The molecule has 4 aromatic rings. The number of nitrogens with zero attached hydrogens (tertiary/aromatic N) is 1. The SMILES string of the molecule is CC.Cc1cc(C)c(-n2c3ccc(B4OC(C)(C)C(C)(C)O4)cc3c3cc(B4OC(C)(C)C(C)(C)O4)ccc32)c(C)c1. The average Bonchev–Trinajstić information content (AvgIpc) is 3.41. The molecule has 7 heteroatoms. The second kappa shape index (κ2) is 10.3. The first-order chi connectivity index (χ1) is 19.5. The van der Waals surface area contributed by atoms with Gasteiger partial charge in [0, 0.05) is 10.8 Å². The second-order valence-electron chi connectivity index (χ2n) is 13.8. The molecule has 3 heterocycles. The van der Waals surface area contributed by atoms with E-state index in [0.29, 0.717) is 0 Å². The molecule has 0 unspecified atom stereocenters. The Kier molecular flexibility index (Phi) is 7.54. The summed E-state index contributed by atoms with van der Waals surface area (Å²) in [5.74, 6) is 0. The Bertz CT molecular complexity index is 1520. The molecule has 0 spiro atoms. The van der Waals surface area contributed by atoms with Gasteiger partial charge in [0.1, 0.15) is 0 Å². The van der Waals surface area contributed by atoms with Crippen molar-refractivity contribution >= 4 is 47.0 Å². The largest absolute Gasteiger partial charge is 0.494 e. The van der Waals surface area contributed by atoms with E-state index in [2.05, 4.69) is 129 Å². The van der Waals surface area contributed by atoms with Crippen LogP contribution in [-0.2, 0) is 18.6 Å². The first-order valence-electron chi connectivity index (χ1n) is 15.4. The maximum Gasteiger partial charge on any atom is 0.494 e. The van der Waals surface area contributed by atoms with Crippen molar-refractivity contribution in [2.45, 2.75) is 112 Å². The van der Waals surface area contributed by atoms with Crippen molar-refractivity contribution in [1.82, 2.24) is 4.57 Å². The third-order valence-electron chi connectivity index (χ3n) is 9.72. The van der Waals surface area contributed by atoms with Gasteiger partial charge in [-0.25, -0.2) is 0 Å². The lowest BCUT2D eigenvalue weighted by atomic mass is 9.77. The smallest absolute Gasteiger partial charge is 0.399 e. The van der Waals surface area contributed by atoms with Crippen molar-refractivity contribution < 1.29 is 18.6 Å². The molecule has 2 aliphatic heterocycles. The number of hydrogen-bond acceptors (Lipinski definition) is 4. The van der Waals surface area contributed by atoms with Crippen LogP contribution >= 0.6 is 0 Å². The lowest BCUT2D eigenvalue weighted by molar-refractivity contribution is 0.00578. The normalized spacial score (nSPS) is 20.3. The molecule has 0 N–H and O–H groups in total. The fourth-order valence-electron chi connectivity index (χ4n) is 6.08. The Balaban J connectivity index is 0.00000173. The first kappa shape index (κ1) is 30.9. The highest BCUT2D eigenvalue weighted by molar-refractivity contribution is 6.63. The van der Waals surface area contributed by atoms with E-state index < -0.39 is 36.6 Å². The van der Waals surface area contributed by atoms with Crippen molar-refractivity contribution in [3.63, 3.8) is 0 Å². The van der Waals surface area contributed by atoms with Crippen LogP contribution in [0.5, 0.6) is 0 Å². The molecular weight excluding hydrogens is 520 g/mol. The second-order valence-corrected chi connectivity index (χ2v) is 13.8. The van der Waals surface area contributed by atoms with Crippen molar-refractivity contribution in [2.24, 2.45) is 0 Å². The molecule has 2 aliphatic rings. The van der Waals surface area contributed by atoms with E-state index in [1.165, 1.54) is 22.4 Å². The van der Waals surface area contributed by atoms with Crippen molar-refractivity contribution in [3.8, 4) is 5.69 Å². The maximum atomic E-state index is 6.44. The average molecular weight is 567 g/mol.